The fourth-order valence-corrected chi connectivity index (χ4v) is 0.745. The first-order valence-electron chi connectivity index (χ1n) is 3.43. The van der Waals surface area contributed by atoms with E-state index in [1.807, 2.05) is 0 Å². The largest absolute Gasteiger partial charge is 0.465 e. The molecule has 0 radical (unpaired) electrons. The van der Waals surface area contributed by atoms with Gasteiger partial charge in [-0.05, 0) is 0 Å². The lowest BCUT2D eigenvalue weighted by atomic mass is 10.8. The first kappa shape index (κ1) is 14.9. The van der Waals surface area contributed by atoms with Crippen LogP contribution < -0.4 is 0 Å². The molecule has 3 nitrogen and oxygen atoms in total. The van der Waals surface area contributed by atoms with Crippen molar-refractivity contribution in [2.45, 2.75) is 6.92 Å². The maximum atomic E-state index is 9.96. The molecule has 0 saturated heterocycles. The fraction of sp³-hybridized carbons (Fsp3) is 0.857. The van der Waals surface area contributed by atoms with Gasteiger partial charge in [0.25, 0.3) is 0 Å². The standard InChI is InChI=1S/C4H7BrO2.C3H7BrO/c1-4(6)7-3-2-5;1-5-3-2-4/h2-3H2,1H3;2-3H2,1H3. The van der Waals surface area contributed by atoms with Crippen molar-refractivity contribution in [2.75, 3.05) is 31.0 Å². The Balaban J connectivity index is 0. The highest BCUT2D eigenvalue weighted by Gasteiger charge is 1.86. The van der Waals surface area contributed by atoms with Crippen molar-refractivity contribution in [1.82, 2.24) is 0 Å². The van der Waals surface area contributed by atoms with Crippen LogP contribution in [0.1, 0.15) is 6.92 Å². The van der Waals surface area contributed by atoms with E-state index in [0.29, 0.717) is 11.9 Å². The van der Waals surface area contributed by atoms with E-state index in [4.69, 9.17) is 0 Å². The van der Waals surface area contributed by atoms with Gasteiger partial charge in [0, 0.05) is 24.7 Å². The molecule has 5 heteroatoms. The summed E-state index contributed by atoms with van der Waals surface area (Å²) in [4.78, 5) is 9.96. The summed E-state index contributed by atoms with van der Waals surface area (Å²) in [7, 11) is 1.68. The minimum Gasteiger partial charge on any atom is -0.465 e. The zero-order chi connectivity index (χ0) is 9.82. The molecular formula is C7H14Br2O3. The van der Waals surface area contributed by atoms with Crippen LogP contribution in [0.3, 0.4) is 0 Å². The van der Waals surface area contributed by atoms with Gasteiger partial charge in [-0.2, -0.15) is 0 Å². The molecule has 0 aromatic rings. The van der Waals surface area contributed by atoms with Crippen LogP contribution >= 0.6 is 31.9 Å². The number of halogens is 2. The molecule has 74 valence electrons. The van der Waals surface area contributed by atoms with Gasteiger partial charge < -0.3 is 9.47 Å². The van der Waals surface area contributed by atoms with Crippen LogP contribution in [0, 0.1) is 0 Å². The number of methoxy groups -OCH3 is 1. The van der Waals surface area contributed by atoms with Gasteiger partial charge in [-0.3, -0.25) is 4.79 Å². The van der Waals surface area contributed by atoms with Gasteiger partial charge in [0.1, 0.15) is 6.61 Å². The van der Waals surface area contributed by atoms with E-state index in [0.717, 1.165) is 11.9 Å². The predicted molar refractivity (Wildman–Crippen MR) is 56.1 cm³/mol. The molecule has 0 aliphatic heterocycles. The van der Waals surface area contributed by atoms with Crippen LogP contribution in [-0.4, -0.2) is 37.0 Å². The maximum Gasteiger partial charge on any atom is 0.302 e. The first-order chi connectivity index (χ1) is 5.68. The second-order valence-electron chi connectivity index (χ2n) is 1.71. The number of carbonyl (C=O) groups excluding carboxylic acids is 1. The predicted octanol–water partition coefficient (Wildman–Crippen LogP) is 1.97. The van der Waals surface area contributed by atoms with Crippen molar-refractivity contribution in [2.24, 2.45) is 0 Å². The number of rotatable bonds is 4. The van der Waals surface area contributed by atoms with Gasteiger partial charge in [0.05, 0.1) is 6.61 Å². The second kappa shape index (κ2) is 13.9. The molecule has 0 aliphatic rings. The van der Waals surface area contributed by atoms with Crippen LogP contribution in [0.25, 0.3) is 0 Å². The quantitative estimate of drug-likeness (QED) is 0.588. The van der Waals surface area contributed by atoms with Gasteiger partial charge >= 0.3 is 5.97 Å². The van der Waals surface area contributed by atoms with Gasteiger partial charge in [-0.1, -0.05) is 31.9 Å². The summed E-state index contributed by atoms with van der Waals surface area (Å²) < 4.78 is 9.15. The zero-order valence-corrected chi connectivity index (χ0v) is 10.5. The SMILES string of the molecule is CC(=O)OCCBr.COCCBr. The van der Waals surface area contributed by atoms with E-state index in [-0.39, 0.29) is 5.97 Å². The zero-order valence-electron chi connectivity index (χ0n) is 7.31. The van der Waals surface area contributed by atoms with Crippen molar-refractivity contribution in [3.63, 3.8) is 0 Å². The van der Waals surface area contributed by atoms with Crippen LogP contribution in [0.4, 0.5) is 0 Å². The Morgan fingerprint density at radius 2 is 1.75 bits per heavy atom. The number of carbonyl (C=O) groups is 1. The smallest absolute Gasteiger partial charge is 0.302 e. The number of ether oxygens (including phenoxy) is 2. The Bertz CT molecular complexity index is 96.7. The van der Waals surface area contributed by atoms with Gasteiger partial charge in [0.2, 0.25) is 0 Å². The highest BCUT2D eigenvalue weighted by Crippen LogP contribution is 1.80. The van der Waals surface area contributed by atoms with Crippen LogP contribution in [0.15, 0.2) is 0 Å². The van der Waals surface area contributed by atoms with Gasteiger partial charge in [0.15, 0.2) is 0 Å². The lowest BCUT2D eigenvalue weighted by molar-refractivity contribution is -0.140. The number of esters is 1. The molecule has 0 heterocycles. The molecule has 0 spiro atoms. The molecule has 0 unspecified atom stereocenters. The summed E-state index contributed by atoms with van der Waals surface area (Å²) in [5.74, 6) is -0.223. The summed E-state index contributed by atoms with van der Waals surface area (Å²) in [6.07, 6.45) is 0. The molecule has 0 rings (SSSR count). The molecule has 0 saturated carbocycles. The molecule has 0 fully saturated rings. The highest BCUT2D eigenvalue weighted by atomic mass is 79.9. The van der Waals surface area contributed by atoms with Crippen molar-refractivity contribution in [3.05, 3.63) is 0 Å². The Morgan fingerprint density at radius 1 is 1.25 bits per heavy atom. The van der Waals surface area contributed by atoms with E-state index < -0.39 is 0 Å². The normalized spacial score (nSPS) is 8.33. The lowest BCUT2D eigenvalue weighted by Crippen LogP contribution is -2.00. The minimum atomic E-state index is -0.223. The monoisotopic (exact) mass is 304 g/mol. The molecule has 0 aliphatic carbocycles. The van der Waals surface area contributed by atoms with Crippen LogP contribution in [0.5, 0.6) is 0 Å². The van der Waals surface area contributed by atoms with E-state index >= 15 is 0 Å². The van der Waals surface area contributed by atoms with Crippen LogP contribution in [0.2, 0.25) is 0 Å². The van der Waals surface area contributed by atoms with Crippen molar-refractivity contribution in [3.8, 4) is 0 Å². The van der Waals surface area contributed by atoms with E-state index in [1.54, 1.807) is 7.11 Å². The summed E-state index contributed by atoms with van der Waals surface area (Å²) in [5.41, 5.74) is 0. The Labute approximate surface area is 90.1 Å². The number of hydrogen-bond donors (Lipinski definition) is 0. The van der Waals surface area contributed by atoms with E-state index in [2.05, 4.69) is 41.3 Å². The first-order valence-corrected chi connectivity index (χ1v) is 5.67. The highest BCUT2D eigenvalue weighted by molar-refractivity contribution is 9.09. The molecule has 12 heavy (non-hydrogen) atoms. The van der Waals surface area contributed by atoms with Crippen molar-refractivity contribution < 1.29 is 14.3 Å². The Morgan fingerprint density at radius 3 is 1.83 bits per heavy atom. The molecule has 0 atom stereocenters. The molecule has 0 N–H and O–H groups in total. The molecule has 0 amide bonds. The third kappa shape index (κ3) is 22.4. The summed E-state index contributed by atoms with van der Waals surface area (Å²) >= 11 is 6.29. The Kier molecular flexibility index (Phi) is 17.3. The summed E-state index contributed by atoms with van der Waals surface area (Å²) in [5, 5.41) is 1.65. The third-order valence-electron chi connectivity index (χ3n) is 0.664. The van der Waals surface area contributed by atoms with Crippen molar-refractivity contribution in [1.29, 1.82) is 0 Å². The maximum absolute atomic E-state index is 9.96. The number of hydrogen-bond acceptors (Lipinski definition) is 3. The Hall–Kier alpha value is 0.390. The average Bonchev–Trinajstić information content (AvgIpc) is 2.03. The number of alkyl halides is 2. The van der Waals surface area contributed by atoms with E-state index in [9.17, 15) is 4.79 Å². The minimum absolute atomic E-state index is 0.223. The van der Waals surface area contributed by atoms with Crippen LogP contribution in [-0.2, 0) is 14.3 Å². The van der Waals surface area contributed by atoms with Crippen molar-refractivity contribution >= 4 is 37.8 Å². The molecule has 0 aromatic heterocycles. The average molecular weight is 306 g/mol. The van der Waals surface area contributed by atoms with Gasteiger partial charge in [-0.15, -0.1) is 0 Å². The lowest BCUT2D eigenvalue weighted by Gasteiger charge is -1.93. The van der Waals surface area contributed by atoms with E-state index in [1.165, 1.54) is 6.92 Å². The third-order valence-corrected chi connectivity index (χ3v) is 1.31. The summed E-state index contributed by atoms with van der Waals surface area (Å²) in [6, 6.07) is 0. The molecule has 0 aromatic carbocycles. The molecular weight excluding hydrogens is 292 g/mol. The topological polar surface area (TPSA) is 35.5 Å². The fourth-order valence-electron chi connectivity index (χ4n) is 0.259. The molecule has 0 bridgehead atoms. The summed E-state index contributed by atoms with van der Waals surface area (Å²) in [6.45, 7) is 2.66. The second-order valence-corrected chi connectivity index (χ2v) is 3.30. The van der Waals surface area contributed by atoms with Gasteiger partial charge in [-0.25, -0.2) is 0 Å².